The summed E-state index contributed by atoms with van der Waals surface area (Å²) in [5.74, 6) is -0.460. The van der Waals surface area contributed by atoms with Crippen molar-refractivity contribution in [2.24, 2.45) is 5.92 Å². The van der Waals surface area contributed by atoms with Crippen LogP contribution < -0.4 is 0 Å². The molecule has 0 radical (unpaired) electrons. The van der Waals surface area contributed by atoms with E-state index >= 15 is 0 Å². The number of benzene rings is 1. The van der Waals surface area contributed by atoms with Crippen LogP contribution in [-0.4, -0.2) is 58.4 Å². The van der Waals surface area contributed by atoms with E-state index in [0.717, 1.165) is 29.6 Å². The molecule has 1 aromatic carbocycles. The highest BCUT2D eigenvalue weighted by molar-refractivity contribution is 9.10. The molecule has 1 heterocycles. The van der Waals surface area contributed by atoms with Crippen LogP contribution in [-0.2, 0) is 32.2 Å². The average molecular weight is 563 g/mol. The van der Waals surface area contributed by atoms with Crippen molar-refractivity contribution >= 4 is 33.7 Å². The Bertz CT molecular complexity index is 971. The van der Waals surface area contributed by atoms with E-state index in [1.165, 1.54) is 5.56 Å². The van der Waals surface area contributed by atoms with E-state index in [9.17, 15) is 14.4 Å². The van der Waals surface area contributed by atoms with Gasteiger partial charge >= 0.3 is 5.97 Å². The quantitative estimate of drug-likeness (QED) is 0.278. The fourth-order valence-electron chi connectivity index (χ4n) is 3.93. The second-order valence-corrected chi connectivity index (χ2v) is 10.3. The minimum Gasteiger partial charge on any atom is -0.466 e. The fraction of sp³-hybridized carbons (Fsp3) is 0.536. The first-order valence-corrected chi connectivity index (χ1v) is 13.6. The summed E-state index contributed by atoms with van der Waals surface area (Å²) in [6.45, 7) is 10.5. The average Bonchev–Trinajstić information content (AvgIpc) is 3.27. The van der Waals surface area contributed by atoms with Gasteiger partial charge in [-0.1, -0.05) is 55.3 Å². The lowest BCUT2D eigenvalue weighted by Gasteiger charge is -2.29. The molecule has 36 heavy (non-hydrogen) atoms. The Hall–Kier alpha value is -2.61. The Kier molecular flexibility index (Phi) is 12.7. The largest absolute Gasteiger partial charge is 0.466 e. The summed E-state index contributed by atoms with van der Waals surface area (Å²) < 4.78 is 8.14. The minimum absolute atomic E-state index is 0.0109. The molecule has 0 aliphatic heterocycles. The van der Waals surface area contributed by atoms with Crippen molar-refractivity contribution < 1.29 is 19.1 Å². The summed E-state index contributed by atoms with van der Waals surface area (Å²) in [5.41, 5.74) is 2.23. The molecule has 0 unspecified atom stereocenters. The van der Waals surface area contributed by atoms with Gasteiger partial charge in [-0.25, -0.2) is 0 Å². The number of amides is 2. The normalized spacial score (nSPS) is 10.9. The first-order valence-electron chi connectivity index (χ1n) is 12.8. The molecule has 0 saturated heterocycles. The van der Waals surface area contributed by atoms with Crippen LogP contribution in [0, 0.1) is 5.92 Å². The molecule has 0 atom stereocenters. The molecule has 0 spiro atoms. The van der Waals surface area contributed by atoms with Crippen LogP contribution in [0.15, 0.2) is 47.1 Å². The number of carbonyl (C=O) groups is 3. The standard InChI is InChI=1S/C28H40BrN3O4/c1-5-7-16-31(20-25-9-8-17-30(25)19-23-10-12-24(29)13-11-23)27(34)21-32(18-22(3)4)26(33)14-15-28(35)36-6-2/h8-13,17,22H,5-7,14-16,18-21H2,1-4H3. The van der Waals surface area contributed by atoms with E-state index in [4.69, 9.17) is 4.74 Å². The smallest absolute Gasteiger partial charge is 0.306 e. The van der Waals surface area contributed by atoms with Gasteiger partial charge in [0.05, 0.1) is 26.1 Å². The molecule has 0 aliphatic rings. The molecule has 2 rings (SSSR count). The highest BCUT2D eigenvalue weighted by Crippen LogP contribution is 2.15. The van der Waals surface area contributed by atoms with Crippen molar-refractivity contribution in [1.29, 1.82) is 0 Å². The van der Waals surface area contributed by atoms with Gasteiger partial charge in [-0.15, -0.1) is 0 Å². The molecule has 198 valence electrons. The summed E-state index contributed by atoms with van der Waals surface area (Å²) in [7, 11) is 0. The van der Waals surface area contributed by atoms with Gasteiger partial charge in [-0.3, -0.25) is 14.4 Å². The van der Waals surface area contributed by atoms with Crippen molar-refractivity contribution in [1.82, 2.24) is 14.4 Å². The van der Waals surface area contributed by atoms with E-state index in [1.807, 2.05) is 49.2 Å². The zero-order valence-electron chi connectivity index (χ0n) is 22.0. The van der Waals surface area contributed by atoms with Gasteiger partial charge in [0.2, 0.25) is 11.8 Å². The highest BCUT2D eigenvalue weighted by Gasteiger charge is 2.23. The third-order valence-electron chi connectivity index (χ3n) is 5.79. The molecule has 2 aromatic rings. The molecule has 1 aromatic heterocycles. The van der Waals surface area contributed by atoms with Crippen LogP contribution >= 0.6 is 15.9 Å². The number of carbonyl (C=O) groups excluding carboxylic acids is 3. The topological polar surface area (TPSA) is 71.9 Å². The molecule has 0 bridgehead atoms. The zero-order valence-corrected chi connectivity index (χ0v) is 23.6. The SMILES string of the molecule is CCCCN(Cc1cccn1Cc1ccc(Br)cc1)C(=O)CN(CC(C)C)C(=O)CCC(=O)OCC. The van der Waals surface area contributed by atoms with Gasteiger partial charge in [-0.05, 0) is 49.1 Å². The molecule has 8 heteroatoms. The summed E-state index contributed by atoms with van der Waals surface area (Å²) in [6.07, 6.45) is 3.96. The first kappa shape index (κ1) is 29.6. The molecular weight excluding hydrogens is 522 g/mol. The van der Waals surface area contributed by atoms with E-state index in [0.29, 0.717) is 19.6 Å². The fourth-order valence-corrected chi connectivity index (χ4v) is 4.19. The van der Waals surface area contributed by atoms with Crippen LogP contribution in [0.4, 0.5) is 0 Å². The zero-order chi connectivity index (χ0) is 26.5. The van der Waals surface area contributed by atoms with Crippen molar-refractivity contribution in [3.63, 3.8) is 0 Å². The van der Waals surface area contributed by atoms with E-state index in [-0.39, 0.29) is 43.7 Å². The summed E-state index contributed by atoms with van der Waals surface area (Å²) in [4.78, 5) is 41.5. The Balaban J connectivity index is 2.11. The van der Waals surface area contributed by atoms with Crippen molar-refractivity contribution in [3.05, 3.63) is 58.3 Å². The van der Waals surface area contributed by atoms with Gasteiger partial charge in [0.15, 0.2) is 0 Å². The third-order valence-corrected chi connectivity index (χ3v) is 6.32. The highest BCUT2D eigenvalue weighted by atomic mass is 79.9. The lowest BCUT2D eigenvalue weighted by atomic mass is 10.1. The number of ether oxygens (including phenoxy) is 1. The van der Waals surface area contributed by atoms with Gasteiger partial charge in [0.1, 0.15) is 0 Å². The number of hydrogen-bond donors (Lipinski definition) is 0. The molecular formula is C28H40BrN3O4. The van der Waals surface area contributed by atoms with E-state index < -0.39 is 5.97 Å². The molecule has 0 saturated carbocycles. The summed E-state index contributed by atoms with van der Waals surface area (Å²) >= 11 is 3.48. The van der Waals surface area contributed by atoms with E-state index in [1.54, 1.807) is 11.8 Å². The van der Waals surface area contributed by atoms with Gasteiger partial charge in [-0.2, -0.15) is 0 Å². The predicted octanol–water partition coefficient (Wildman–Crippen LogP) is 5.26. The second-order valence-electron chi connectivity index (χ2n) is 9.40. The van der Waals surface area contributed by atoms with E-state index in [2.05, 4.69) is 39.6 Å². The summed E-state index contributed by atoms with van der Waals surface area (Å²) in [5, 5.41) is 0. The lowest BCUT2D eigenvalue weighted by Crippen LogP contribution is -2.44. The van der Waals surface area contributed by atoms with Crippen molar-refractivity contribution in [2.45, 2.75) is 66.5 Å². The number of nitrogens with zero attached hydrogens (tertiary/aromatic N) is 3. The second kappa shape index (κ2) is 15.5. The molecule has 0 N–H and O–H groups in total. The minimum atomic E-state index is -0.391. The Labute approximate surface area is 223 Å². The van der Waals surface area contributed by atoms with Crippen molar-refractivity contribution in [2.75, 3.05) is 26.2 Å². The van der Waals surface area contributed by atoms with Gasteiger partial charge in [0.25, 0.3) is 0 Å². The summed E-state index contributed by atoms with van der Waals surface area (Å²) in [6, 6.07) is 12.3. The maximum absolute atomic E-state index is 13.4. The molecule has 2 amide bonds. The first-order chi connectivity index (χ1) is 17.2. The Morgan fingerprint density at radius 2 is 1.72 bits per heavy atom. The number of halogens is 1. The Morgan fingerprint density at radius 1 is 1.00 bits per heavy atom. The monoisotopic (exact) mass is 561 g/mol. The van der Waals surface area contributed by atoms with Crippen LogP contribution in [0.25, 0.3) is 0 Å². The van der Waals surface area contributed by atoms with Crippen LogP contribution in [0.1, 0.15) is 64.6 Å². The number of hydrogen-bond acceptors (Lipinski definition) is 4. The maximum atomic E-state index is 13.4. The lowest BCUT2D eigenvalue weighted by molar-refractivity contribution is -0.146. The van der Waals surface area contributed by atoms with Gasteiger partial charge < -0.3 is 19.1 Å². The molecule has 0 fully saturated rings. The maximum Gasteiger partial charge on any atom is 0.306 e. The van der Waals surface area contributed by atoms with Crippen LogP contribution in [0.3, 0.4) is 0 Å². The number of esters is 1. The predicted molar refractivity (Wildman–Crippen MR) is 145 cm³/mol. The van der Waals surface area contributed by atoms with Gasteiger partial charge in [0, 0.05) is 42.4 Å². The molecule has 0 aliphatic carbocycles. The third kappa shape index (κ3) is 10.2. The van der Waals surface area contributed by atoms with Crippen molar-refractivity contribution in [3.8, 4) is 0 Å². The Morgan fingerprint density at radius 3 is 2.36 bits per heavy atom. The van der Waals surface area contributed by atoms with Crippen LogP contribution in [0.5, 0.6) is 0 Å². The number of unbranched alkanes of at least 4 members (excludes halogenated alkanes) is 1. The number of rotatable bonds is 15. The van der Waals surface area contributed by atoms with Crippen LogP contribution in [0.2, 0.25) is 0 Å². The molecule has 7 nitrogen and oxygen atoms in total. The number of aromatic nitrogens is 1.